The van der Waals surface area contributed by atoms with E-state index in [9.17, 15) is 9.59 Å². The van der Waals surface area contributed by atoms with Gasteiger partial charge in [-0.3, -0.25) is 9.59 Å². The Bertz CT molecular complexity index is 575. The smallest absolute Gasteiger partial charge is 0.245 e. The molecule has 1 aromatic heterocycles. The molecule has 2 amide bonds. The van der Waals surface area contributed by atoms with Crippen molar-refractivity contribution in [3.63, 3.8) is 0 Å². The van der Waals surface area contributed by atoms with E-state index < -0.39 is 0 Å². The Morgan fingerprint density at radius 2 is 1.96 bits per heavy atom. The van der Waals surface area contributed by atoms with Gasteiger partial charge in [0.15, 0.2) is 0 Å². The van der Waals surface area contributed by atoms with Gasteiger partial charge in [0.1, 0.15) is 11.9 Å². The predicted molar refractivity (Wildman–Crippen MR) is 86.9 cm³/mol. The number of aryl methyl sites for hydroxylation is 1. The number of imidazole rings is 1. The normalized spacial score (nSPS) is 22.6. The molecule has 2 aliphatic rings. The van der Waals surface area contributed by atoms with Gasteiger partial charge in [-0.2, -0.15) is 0 Å². The molecule has 0 aromatic carbocycles. The van der Waals surface area contributed by atoms with Crippen molar-refractivity contribution in [1.29, 1.82) is 0 Å². The average Bonchev–Trinajstić information content (AvgIpc) is 3.23. The third-order valence-corrected chi connectivity index (χ3v) is 5.20. The maximum absolute atomic E-state index is 12.7. The molecule has 0 radical (unpaired) electrons. The number of likely N-dealkylation sites (tertiary alicyclic amines) is 2. The maximum atomic E-state index is 12.7. The minimum absolute atomic E-state index is 0.0145. The Morgan fingerprint density at radius 3 is 2.61 bits per heavy atom. The zero-order valence-electron chi connectivity index (χ0n) is 14.1. The van der Waals surface area contributed by atoms with Crippen molar-refractivity contribution >= 4 is 11.8 Å². The van der Waals surface area contributed by atoms with Gasteiger partial charge in [0, 0.05) is 51.4 Å². The van der Waals surface area contributed by atoms with Crippen LogP contribution in [0.2, 0.25) is 0 Å². The van der Waals surface area contributed by atoms with E-state index in [1.165, 1.54) is 0 Å². The molecule has 0 unspecified atom stereocenters. The fourth-order valence-corrected chi connectivity index (χ4v) is 3.92. The van der Waals surface area contributed by atoms with Crippen LogP contribution in [0, 0.1) is 0 Å². The number of amides is 2. The van der Waals surface area contributed by atoms with E-state index in [0.717, 1.165) is 57.7 Å². The lowest BCUT2D eigenvalue weighted by Gasteiger charge is -2.35. The van der Waals surface area contributed by atoms with Crippen LogP contribution >= 0.6 is 0 Å². The van der Waals surface area contributed by atoms with Crippen molar-refractivity contribution in [2.45, 2.75) is 58.0 Å². The second-order valence-corrected chi connectivity index (χ2v) is 6.54. The summed E-state index contributed by atoms with van der Waals surface area (Å²) in [4.78, 5) is 32.6. The Balaban J connectivity index is 1.60. The second kappa shape index (κ2) is 6.72. The highest BCUT2D eigenvalue weighted by atomic mass is 16.2. The molecule has 6 heteroatoms. The summed E-state index contributed by atoms with van der Waals surface area (Å²) in [7, 11) is 0. The van der Waals surface area contributed by atoms with Crippen LogP contribution in [0.15, 0.2) is 12.4 Å². The predicted octanol–water partition coefficient (Wildman–Crippen LogP) is 1.62. The summed E-state index contributed by atoms with van der Waals surface area (Å²) in [6.45, 7) is 6.87. The van der Waals surface area contributed by atoms with E-state index in [1.807, 2.05) is 17.3 Å². The highest BCUT2D eigenvalue weighted by Crippen LogP contribution is 2.28. The van der Waals surface area contributed by atoms with Crippen molar-refractivity contribution in [2.24, 2.45) is 0 Å². The zero-order valence-corrected chi connectivity index (χ0v) is 14.1. The van der Waals surface area contributed by atoms with E-state index in [2.05, 4.69) is 16.5 Å². The first-order valence-electron chi connectivity index (χ1n) is 8.68. The Kier molecular flexibility index (Phi) is 4.68. The van der Waals surface area contributed by atoms with Gasteiger partial charge in [0.2, 0.25) is 11.8 Å². The molecule has 2 fully saturated rings. The molecule has 0 aliphatic carbocycles. The first kappa shape index (κ1) is 16.0. The number of hydrogen-bond donors (Lipinski definition) is 0. The highest BCUT2D eigenvalue weighted by Gasteiger charge is 2.36. The van der Waals surface area contributed by atoms with Crippen LogP contribution in [0.4, 0.5) is 0 Å². The summed E-state index contributed by atoms with van der Waals surface area (Å²) < 4.78 is 2.19. The zero-order chi connectivity index (χ0) is 16.4. The van der Waals surface area contributed by atoms with Crippen LogP contribution in [0.3, 0.4) is 0 Å². The van der Waals surface area contributed by atoms with E-state index in [0.29, 0.717) is 5.92 Å². The number of carbonyl (C=O) groups is 2. The van der Waals surface area contributed by atoms with E-state index in [4.69, 9.17) is 0 Å². The summed E-state index contributed by atoms with van der Waals surface area (Å²) in [6.07, 6.45) is 7.53. The fraction of sp³-hybridized carbons (Fsp3) is 0.706. The molecule has 0 spiro atoms. The van der Waals surface area contributed by atoms with Gasteiger partial charge < -0.3 is 14.4 Å². The Morgan fingerprint density at radius 1 is 1.22 bits per heavy atom. The molecule has 1 atom stereocenters. The average molecular weight is 318 g/mol. The van der Waals surface area contributed by atoms with Gasteiger partial charge in [-0.15, -0.1) is 0 Å². The summed E-state index contributed by atoms with van der Waals surface area (Å²) in [5, 5.41) is 0. The molecule has 126 valence electrons. The molecule has 0 saturated carbocycles. The van der Waals surface area contributed by atoms with E-state index in [-0.39, 0.29) is 17.9 Å². The molecule has 0 N–H and O–H groups in total. The summed E-state index contributed by atoms with van der Waals surface area (Å²) in [5.74, 6) is 1.73. The van der Waals surface area contributed by atoms with Crippen LogP contribution in [-0.4, -0.2) is 56.8 Å². The molecule has 0 bridgehead atoms. The first-order chi connectivity index (χ1) is 11.1. The number of rotatable bonds is 3. The number of hydrogen-bond acceptors (Lipinski definition) is 3. The van der Waals surface area contributed by atoms with Gasteiger partial charge in [0.25, 0.3) is 0 Å². The topological polar surface area (TPSA) is 58.4 Å². The summed E-state index contributed by atoms with van der Waals surface area (Å²) >= 11 is 0. The van der Waals surface area contributed by atoms with Crippen LogP contribution in [0.1, 0.15) is 51.3 Å². The first-order valence-corrected chi connectivity index (χ1v) is 8.68. The molecular formula is C17H26N4O2. The molecule has 3 rings (SSSR count). The van der Waals surface area contributed by atoms with Crippen molar-refractivity contribution in [1.82, 2.24) is 19.4 Å². The summed E-state index contributed by atoms with van der Waals surface area (Å²) in [5.41, 5.74) is 0. The van der Waals surface area contributed by atoms with Gasteiger partial charge in [-0.1, -0.05) is 0 Å². The number of nitrogens with zero attached hydrogens (tertiary/aromatic N) is 4. The van der Waals surface area contributed by atoms with Gasteiger partial charge in [-0.25, -0.2) is 4.98 Å². The SMILES string of the molecule is CCn1ccnc1C1CCN(C(=O)[C@@H]2CCCN2C(C)=O)CC1. The lowest BCUT2D eigenvalue weighted by atomic mass is 9.95. The molecule has 2 saturated heterocycles. The standard InChI is InChI=1S/C17H26N4O2/c1-3-19-12-8-18-16(19)14-6-10-20(11-7-14)17(23)15-5-4-9-21(15)13(2)22/h8,12,14-15H,3-7,9-11H2,1-2H3/t15-/m0/s1. The highest BCUT2D eigenvalue weighted by molar-refractivity contribution is 5.87. The number of piperidine rings is 1. The minimum atomic E-state index is -0.235. The molecule has 23 heavy (non-hydrogen) atoms. The monoisotopic (exact) mass is 318 g/mol. The van der Waals surface area contributed by atoms with Crippen molar-refractivity contribution < 1.29 is 9.59 Å². The maximum Gasteiger partial charge on any atom is 0.245 e. The van der Waals surface area contributed by atoms with Crippen LogP contribution < -0.4 is 0 Å². The number of aromatic nitrogens is 2. The third-order valence-electron chi connectivity index (χ3n) is 5.20. The van der Waals surface area contributed by atoms with Crippen LogP contribution in [-0.2, 0) is 16.1 Å². The fourth-order valence-electron chi connectivity index (χ4n) is 3.92. The second-order valence-electron chi connectivity index (χ2n) is 6.54. The Labute approximate surface area is 137 Å². The minimum Gasteiger partial charge on any atom is -0.341 e. The molecule has 6 nitrogen and oxygen atoms in total. The lowest BCUT2D eigenvalue weighted by Crippen LogP contribution is -2.49. The lowest BCUT2D eigenvalue weighted by molar-refractivity contribution is -0.143. The van der Waals surface area contributed by atoms with Crippen LogP contribution in [0.25, 0.3) is 0 Å². The summed E-state index contributed by atoms with van der Waals surface area (Å²) in [6, 6.07) is -0.235. The van der Waals surface area contributed by atoms with Gasteiger partial charge >= 0.3 is 0 Å². The molecule has 2 aliphatic heterocycles. The molecule has 1 aromatic rings. The van der Waals surface area contributed by atoms with E-state index >= 15 is 0 Å². The quantitative estimate of drug-likeness (QED) is 0.851. The van der Waals surface area contributed by atoms with Crippen LogP contribution in [0.5, 0.6) is 0 Å². The number of carbonyl (C=O) groups excluding carboxylic acids is 2. The Hall–Kier alpha value is -1.85. The van der Waals surface area contributed by atoms with Crippen molar-refractivity contribution in [3.05, 3.63) is 18.2 Å². The third kappa shape index (κ3) is 3.12. The van der Waals surface area contributed by atoms with Crippen molar-refractivity contribution in [3.8, 4) is 0 Å². The van der Waals surface area contributed by atoms with E-state index in [1.54, 1.807) is 11.8 Å². The van der Waals surface area contributed by atoms with Gasteiger partial charge in [0.05, 0.1) is 0 Å². The van der Waals surface area contributed by atoms with Gasteiger partial charge in [-0.05, 0) is 32.6 Å². The largest absolute Gasteiger partial charge is 0.341 e. The van der Waals surface area contributed by atoms with Crippen molar-refractivity contribution in [2.75, 3.05) is 19.6 Å². The molecular weight excluding hydrogens is 292 g/mol. The molecule has 3 heterocycles.